The van der Waals surface area contributed by atoms with E-state index in [1.165, 1.54) is 18.2 Å². The van der Waals surface area contributed by atoms with E-state index < -0.39 is 29.3 Å². The Bertz CT molecular complexity index is 1150. The Balaban J connectivity index is 1.76. The van der Waals surface area contributed by atoms with Crippen LogP contribution in [-0.4, -0.2) is 27.5 Å². The van der Waals surface area contributed by atoms with Gasteiger partial charge >= 0.3 is 0 Å². The molecule has 0 bridgehead atoms. The van der Waals surface area contributed by atoms with Crippen LogP contribution in [0.2, 0.25) is 5.02 Å². The molecule has 3 rings (SSSR count). The average Bonchev–Trinajstić information content (AvgIpc) is 2.78. The van der Waals surface area contributed by atoms with Crippen LogP contribution < -0.4 is 10.1 Å². The number of pyridine rings is 2. The van der Waals surface area contributed by atoms with E-state index in [0.717, 1.165) is 24.9 Å². The van der Waals surface area contributed by atoms with E-state index in [-0.39, 0.29) is 17.4 Å². The van der Waals surface area contributed by atoms with Crippen molar-refractivity contribution in [3.05, 3.63) is 88.6 Å². The second-order valence-electron chi connectivity index (χ2n) is 9.02. The number of nitrogens with zero attached hydrogens (tertiary/aromatic N) is 2. The molecule has 2 atom stereocenters. The molecule has 0 aliphatic rings. The van der Waals surface area contributed by atoms with Crippen LogP contribution in [-0.2, 0) is 17.1 Å². The van der Waals surface area contributed by atoms with Crippen molar-refractivity contribution in [2.45, 2.75) is 57.6 Å². The first-order valence-electron chi connectivity index (χ1n) is 11.0. The Hall–Kier alpha value is -3.13. The summed E-state index contributed by atoms with van der Waals surface area (Å²) in [4.78, 5) is 21.0. The molecule has 9 heteroatoms. The van der Waals surface area contributed by atoms with Gasteiger partial charge in [0.2, 0.25) is 5.88 Å². The van der Waals surface area contributed by atoms with E-state index in [2.05, 4.69) is 15.3 Å². The zero-order valence-corrected chi connectivity index (χ0v) is 20.6. The van der Waals surface area contributed by atoms with Crippen LogP contribution in [0.4, 0.5) is 13.2 Å². The largest absolute Gasteiger partial charge is 0.462 e. The molecule has 5 nitrogen and oxygen atoms in total. The maximum absolute atomic E-state index is 13.9. The molecule has 0 fully saturated rings. The van der Waals surface area contributed by atoms with Crippen molar-refractivity contribution in [1.82, 2.24) is 15.3 Å². The summed E-state index contributed by atoms with van der Waals surface area (Å²) < 4.78 is 46.5. The number of amides is 1. The first kappa shape index (κ1) is 26.5. The van der Waals surface area contributed by atoms with Gasteiger partial charge in [0.15, 0.2) is 5.60 Å². The molecule has 1 amide bonds. The Morgan fingerprint density at radius 3 is 2.34 bits per heavy atom. The number of rotatable bonds is 9. The molecule has 0 radical (unpaired) electrons. The van der Waals surface area contributed by atoms with Crippen molar-refractivity contribution in [2.75, 3.05) is 0 Å². The summed E-state index contributed by atoms with van der Waals surface area (Å²) in [7, 11) is 0. The lowest BCUT2D eigenvalue weighted by atomic mass is 9.87. The predicted octanol–water partition coefficient (Wildman–Crippen LogP) is 6.07. The lowest BCUT2D eigenvalue weighted by Gasteiger charge is -2.30. The summed E-state index contributed by atoms with van der Waals surface area (Å²) in [5.41, 5.74) is -0.0290. The number of benzene rings is 1. The fourth-order valence-corrected chi connectivity index (χ4v) is 3.70. The highest BCUT2D eigenvalue weighted by molar-refractivity contribution is 6.30. The van der Waals surface area contributed by atoms with E-state index in [1.54, 1.807) is 32.2 Å². The zero-order valence-electron chi connectivity index (χ0n) is 19.9. The average molecular weight is 506 g/mol. The molecular weight excluding hydrogens is 479 g/mol. The smallest absolute Gasteiger partial charge is 0.272 e. The zero-order chi connectivity index (χ0) is 25.8. The monoisotopic (exact) mass is 505 g/mol. The van der Waals surface area contributed by atoms with Gasteiger partial charge in [-0.05, 0) is 62.6 Å². The quantitative estimate of drug-likeness (QED) is 0.383. The number of hydrogen-bond acceptors (Lipinski definition) is 4. The molecule has 1 N–H and O–H groups in total. The molecule has 0 aliphatic heterocycles. The van der Waals surface area contributed by atoms with Gasteiger partial charge in [0.05, 0.1) is 6.20 Å². The summed E-state index contributed by atoms with van der Waals surface area (Å²) in [6.07, 6.45) is 4.21. The Labute approximate surface area is 207 Å². The standard InChI is InChI=1S/C26H27ClF3N3O2/c1-16(22(18-12-21(28)15-31-13-18)11-17-5-8-20(27)9-6-17)33-24(34)25(2,3)35-23-10-7-19(14-32-23)26(4,29)30/h5-10,12-16,22H,11H2,1-4H3,(H,33,34). The summed E-state index contributed by atoms with van der Waals surface area (Å²) in [5, 5.41) is 3.54. The van der Waals surface area contributed by atoms with Crippen LogP contribution >= 0.6 is 11.6 Å². The molecule has 35 heavy (non-hydrogen) atoms. The molecule has 1 aromatic carbocycles. The summed E-state index contributed by atoms with van der Waals surface area (Å²) in [6, 6.07) is 10.8. The number of carbonyl (C=O) groups is 1. The van der Waals surface area contributed by atoms with Gasteiger partial charge < -0.3 is 10.1 Å². The third kappa shape index (κ3) is 7.18. The van der Waals surface area contributed by atoms with Gasteiger partial charge in [-0.25, -0.2) is 18.2 Å². The number of carbonyl (C=O) groups excluding carboxylic acids is 1. The van der Waals surface area contributed by atoms with Crippen LogP contribution in [0.15, 0.2) is 61.1 Å². The van der Waals surface area contributed by atoms with Crippen molar-refractivity contribution < 1.29 is 22.7 Å². The number of hydrogen-bond donors (Lipinski definition) is 1. The molecule has 186 valence electrons. The molecule has 2 aromatic heterocycles. The molecule has 0 saturated heterocycles. The van der Waals surface area contributed by atoms with Crippen LogP contribution in [0.5, 0.6) is 5.88 Å². The van der Waals surface area contributed by atoms with Crippen molar-refractivity contribution in [3.8, 4) is 5.88 Å². The number of halogens is 4. The maximum atomic E-state index is 13.9. The van der Waals surface area contributed by atoms with Gasteiger partial charge in [0.1, 0.15) is 5.82 Å². The first-order chi connectivity index (χ1) is 16.3. The molecule has 2 unspecified atom stereocenters. The van der Waals surface area contributed by atoms with Gasteiger partial charge in [-0.3, -0.25) is 9.78 Å². The highest BCUT2D eigenvalue weighted by Gasteiger charge is 2.34. The highest BCUT2D eigenvalue weighted by Crippen LogP contribution is 2.29. The summed E-state index contributed by atoms with van der Waals surface area (Å²) >= 11 is 5.99. The Morgan fingerprint density at radius 1 is 1.09 bits per heavy atom. The van der Waals surface area contributed by atoms with Gasteiger partial charge in [-0.2, -0.15) is 0 Å². The molecule has 2 heterocycles. The summed E-state index contributed by atoms with van der Waals surface area (Å²) in [5.74, 6) is -4.21. The lowest BCUT2D eigenvalue weighted by Crippen LogP contribution is -2.51. The second kappa shape index (κ2) is 10.6. The lowest BCUT2D eigenvalue weighted by molar-refractivity contribution is -0.135. The molecule has 0 spiro atoms. The van der Waals surface area contributed by atoms with Crippen LogP contribution in [0.1, 0.15) is 50.3 Å². The minimum atomic E-state index is -3.03. The predicted molar refractivity (Wildman–Crippen MR) is 128 cm³/mol. The normalized spacial score (nSPS) is 13.7. The minimum absolute atomic E-state index is 0.0397. The fraction of sp³-hybridized carbons (Fsp3) is 0.346. The third-order valence-electron chi connectivity index (χ3n) is 5.64. The van der Waals surface area contributed by atoms with E-state index in [9.17, 15) is 18.0 Å². The Kier molecular flexibility index (Phi) is 8.05. The molecule has 0 aliphatic carbocycles. The van der Waals surface area contributed by atoms with Crippen molar-refractivity contribution in [3.63, 3.8) is 0 Å². The SMILES string of the molecule is CC(NC(=O)C(C)(C)Oc1ccc(C(C)(F)F)cn1)C(Cc1ccc(Cl)cc1)c1cncc(F)c1. The van der Waals surface area contributed by atoms with Crippen molar-refractivity contribution in [1.29, 1.82) is 0 Å². The number of ether oxygens (including phenoxy) is 1. The van der Waals surface area contributed by atoms with Crippen LogP contribution in [0.3, 0.4) is 0 Å². The van der Waals surface area contributed by atoms with Crippen molar-refractivity contribution >= 4 is 17.5 Å². The molecule has 0 saturated carbocycles. The van der Waals surface area contributed by atoms with Crippen LogP contribution in [0.25, 0.3) is 0 Å². The third-order valence-corrected chi connectivity index (χ3v) is 5.89. The highest BCUT2D eigenvalue weighted by atomic mass is 35.5. The van der Waals surface area contributed by atoms with Gasteiger partial charge in [-0.1, -0.05) is 23.7 Å². The topological polar surface area (TPSA) is 64.1 Å². The van der Waals surface area contributed by atoms with Crippen molar-refractivity contribution in [2.24, 2.45) is 0 Å². The number of aromatic nitrogens is 2. The molecule has 3 aromatic rings. The number of alkyl halides is 2. The van der Waals surface area contributed by atoms with Gasteiger partial charge in [0, 0.05) is 47.9 Å². The Morgan fingerprint density at radius 2 is 1.77 bits per heavy atom. The summed E-state index contributed by atoms with van der Waals surface area (Å²) in [6.45, 7) is 5.70. The van der Waals surface area contributed by atoms with E-state index in [0.29, 0.717) is 17.0 Å². The fourth-order valence-electron chi connectivity index (χ4n) is 3.58. The van der Waals surface area contributed by atoms with Gasteiger partial charge in [-0.15, -0.1) is 0 Å². The van der Waals surface area contributed by atoms with E-state index in [4.69, 9.17) is 16.3 Å². The minimum Gasteiger partial charge on any atom is -0.462 e. The first-order valence-corrected chi connectivity index (χ1v) is 11.4. The molecular formula is C26H27ClF3N3O2. The van der Waals surface area contributed by atoms with E-state index in [1.807, 2.05) is 19.1 Å². The maximum Gasteiger partial charge on any atom is 0.272 e. The van der Waals surface area contributed by atoms with Gasteiger partial charge in [0.25, 0.3) is 11.8 Å². The number of nitrogens with one attached hydrogen (secondary N) is 1. The van der Waals surface area contributed by atoms with Crippen LogP contribution in [0, 0.1) is 5.82 Å². The van der Waals surface area contributed by atoms with E-state index >= 15 is 0 Å². The second-order valence-corrected chi connectivity index (χ2v) is 9.46.